The molecule has 140 valence electrons. The van der Waals surface area contributed by atoms with Crippen LogP contribution in [0, 0.1) is 0 Å². The number of allylic oxidation sites excluding steroid dienone is 1. The number of carbonyl (C=O) groups excluding carboxylic acids is 1. The average molecular weight is 419 g/mol. The van der Waals surface area contributed by atoms with Gasteiger partial charge >= 0.3 is 0 Å². The highest BCUT2D eigenvalue weighted by Crippen LogP contribution is 2.30. The lowest BCUT2D eigenvalue weighted by Gasteiger charge is -2.31. The first-order valence-electron chi connectivity index (χ1n) is 8.53. The van der Waals surface area contributed by atoms with E-state index in [-0.39, 0.29) is 5.91 Å². The van der Waals surface area contributed by atoms with Gasteiger partial charge in [0.05, 0.1) is 16.8 Å². The van der Waals surface area contributed by atoms with E-state index >= 15 is 0 Å². The molecule has 0 bridgehead atoms. The highest BCUT2D eigenvalue weighted by Gasteiger charge is 2.36. The second-order valence-corrected chi connectivity index (χ2v) is 8.05. The summed E-state index contributed by atoms with van der Waals surface area (Å²) in [7, 11) is 5.51. The Bertz CT molecular complexity index is 847. The van der Waals surface area contributed by atoms with Gasteiger partial charge in [-0.1, -0.05) is 28.1 Å². The first-order chi connectivity index (χ1) is 12.1. The molecule has 26 heavy (non-hydrogen) atoms. The third-order valence-corrected chi connectivity index (χ3v) is 5.02. The normalized spacial score (nSPS) is 11.2. The topological polar surface area (TPSA) is 50.2 Å². The number of aryl methyl sites for hydroxylation is 1. The number of hydrogen-bond donors (Lipinski definition) is 1. The summed E-state index contributed by atoms with van der Waals surface area (Å²) in [5.41, 5.74) is 3.06. The fraction of sp³-hybridized carbons (Fsp3) is 0.400. The van der Waals surface area contributed by atoms with Gasteiger partial charge < -0.3 is 10.2 Å². The van der Waals surface area contributed by atoms with Crippen molar-refractivity contribution < 1.29 is 4.79 Å². The van der Waals surface area contributed by atoms with Crippen LogP contribution in [0.5, 0.6) is 0 Å². The van der Waals surface area contributed by atoms with Crippen molar-refractivity contribution in [1.29, 1.82) is 0 Å². The van der Waals surface area contributed by atoms with Gasteiger partial charge in [0.25, 0.3) is 0 Å². The molecule has 0 saturated carbocycles. The number of nitrogens with zero attached hydrogens (tertiary/aromatic N) is 3. The molecule has 0 fully saturated rings. The van der Waals surface area contributed by atoms with Gasteiger partial charge in [0.1, 0.15) is 5.82 Å². The second kappa shape index (κ2) is 7.66. The van der Waals surface area contributed by atoms with Gasteiger partial charge in [0, 0.05) is 31.2 Å². The maximum atomic E-state index is 13.2. The standard InChI is InChI=1S/C20H27BrN4O/c1-13(2)18(22-5)24(6)19(26)20(3,4)17-12-16(23-25(17)7)14-9-8-10-15(21)11-14/h8-12,22H,1-7H3. The van der Waals surface area contributed by atoms with E-state index in [4.69, 9.17) is 0 Å². The fourth-order valence-corrected chi connectivity index (χ4v) is 3.62. The molecule has 0 atom stereocenters. The maximum Gasteiger partial charge on any atom is 0.239 e. The molecule has 1 amide bonds. The van der Waals surface area contributed by atoms with Crippen molar-refractivity contribution >= 4 is 21.8 Å². The van der Waals surface area contributed by atoms with Crippen molar-refractivity contribution in [3.05, 3.63) is 51.9 Å². The van der Waals surface area contributed by atoms with Crippen LogP contribution in [0.3, 0.4) is 0 Å². The van der Waals surface area contributed by atoms with E-state index in [1.54, 1.807) is 16.6 Å². The van der Waals surface area contributed by atoms with E-state index in [0.717, 1.165) is 32.8 Å². The molecule has 5 nitrogen and oxygen atoms in total. The zero-order valence-corrected chi connectivity index (χ0v) is 18.1. The summed E-state index contributed by atoms with van der Waals surface area (Å²) in [5.74, 6) is 0.823. The van der Waals surface area contributed by atoms with E-state index in [0.29, 0.717) is 0 Å². The maximum absolute atomic E-state index is 13.2. The molecule has 0 aliphatic rings. The Kier molecular flexibility index (Phi) is 5.96. The Morgan fingerprint density at radius 1 is 1.27 bits per heavy atom. The van der Waals surface area contributed by atoms with Crippen molar-refractivity contribution in [3.63, 3.8) is 0 Å². The Morgan fingerprint density at radius 2 is 1.92 bits per heavy atom. The van der Waals surface area contributed by atoms with E-state index in [1.807, 2.05) is 72.1 Å². The third kappa shape index (κ3) is 3.85. The summed E-state index contributed by atoms with van der Waals surface area (Å²) in [5, 5.41) is 7.74. The summed E-state index contributed by atoms with van der Waals surface area (Å²) < 4.78 is 2.79. The average Bonchev–Trinajstić information content (AvgIpc) is 2.97. The van der Waals surface area contributed by atoms with Crippen LogP contribution < -0.4 is 5.32 Å². The number of hydrogen-bond acceptors (Lipinski definition) is 3. The molecular formula is C20H27BrN4O. The number of nitrogens with one attached hydrogen (secondary N) is 1. The number of amides is 1. The van der Waals surface area contributed by atoms with Crippen LogP contribution in [0.2, 0.25) is 0 Å². The third-order valence-electron chi connectivity index (χ3n) is 4.53. The summed E-state index contributed by atoms with van der Waals surface area (Å²) in [6.45, 7) is 7.84. The number of rotatable bonds is 5. The van der Waals surface area contributed by atoms with Gasteiger partial charge in [0.2, 0.25) is 5.91 Å². The number of carbonyl (C=O) groups is 1. The Labute approximate surface area is 164 Å². The minimum absolute atomic E-state index is 0.00634. The Morgan fingerprint density at radius 3 is 2.46 bits per heavy atom. The van der Waals surface area contributed by atoms with Crippen molar-refractivity contribution in [2.75, 3.05) is 14.1 Å². The molecule has 0 unspecified atom stereocenters. The predicted molar refractivity (Wildman–Crippen MR) is 110 cm³/mol. The first kappa shape index (κ1) is 20.2. The van der Waals surface area contributed by atoms with Gasteiger partial charge in [0.15, 0.2) is 0 Å². The van der Waals surface area contributed by atoms with E-state index in [9.17, 15) is 4.79 Å². The van der Waals surface area contributed by atoms with E-state index < -0.39 is 5.41 Å². The molecule has 2 aromatic rings. The largest absolute Gasteiger partial charge is 0.375 e. The first-order valence-corrected chi connectivity index (χ1v) is 9.32. The minimum Gasteiger partial charge on any atom is -0.375 e. The van der Waals surface area contributed by atoms with Crippen LogP contribution in [-0.2, 0) is 17.3 Å². The summed E-state index contributed by atoms with van der Waals surface area (Å²) in [6, 6.07) is 9.99. The molecular weight excluding hydrogens is 392 g/mol. The van der Waals surface area contributed by atoms with Gasteiger partial charge in [-0.3, -0.25) is 9.48 Å². The molecule has 0 aliphatic heterocycles. The van der Waals surface area contributed by atoms with E-state index in [1.165, 1.54) is 0 Å². The molecule has 1 aromatic heterocycles. The number of aromatic nitrogens is 2. The van der Waals surface area contributed by atoms with Crippen LogP contribution in [0.25, 0.3) is 11.3 Å². The molecule has 2 rings (SSSR count). The van der Waals surface area contributed by atoms with Crippen LogP contribution in [0.15, 0.2) is 46.2 Å². The quantitative estimate of drug-likeness (QED) is 0.796. The molecule has 0 radical (unpaired) electrons. The lowest BCUT2D eigenvalue weighted by atomic mass is 9.87. The molecule has 6 heteroatoms. The Balaban J connectivity index is 2.43. The SMILES string of the molecule is CNC(=C(C)C)N(C)C(=O)C(C)(C)c1cc(-c2cccc(Br)c2)nn1C. The summed E-state index contributed by atoms with van der Waals surface area (Å²) in [4.78, 5) is 14.9. The number of likely N-dealkylation sites (N-methyl/N-ethyl adjacent to an activating group) is 1. The van der Waals surface area contributed by atoms with Crippen molar-refractivity contribution in [2.24, 2.45) is 7.05 Å². The highest BCUT2D eigenvalue weighted by atomic mass is 79.9. The Hall–Kier alpha value is -2.08. The molecule has 0 spiro atoms. The predicted octanol–water partition coefficient (Wildman–Crippen LogP) is 4.06. The van der Waals surface area contributed by atoms with Gasteiger partial charge in [-0.25, -0.2) is 0 Å². The second-order valence-electron chi connectivity index (χ2n) is 7.14. The van der Waals surface area contributed by atoms with Crippen LogP contribution in [0.4, 0.5) is 0 Å². The number of halogens is 1. The lowest BCUT2D eigenvalue weighted by Crippen LogP contribution is -2.44. The van der Waals surface area contributed by atoms with Crippen molar-refractivity contribution in [2.45, 2.75) is 33.1 Å². The highest BCUT2D eigenvalue weighted by molar-refractivity contribution is 9.10. The molecule has 0 aliphatic carbocycles. The van der Waals surface area contributed by atoms with Gasteiger partial charge in [-0.05, 0) is 51.5 Å². The molecule has 1 aromatic carbocycles. The molecule has 1 N–H and O–H groups in total. The van der Waals surface area contributed by atoms with Gasteiger partial charge in [-0.15, -0.1) is 0 Å². The minimum atomic E-state index is -0.724. The summed E-state index contributed by atoms with van der Waals surface area (Å²) >= 11 is 3.50. The van der Waals surface area contributed by atoms with Crippen molar-refractivity contribution in [3.8, 4) is 11.3 Å². The fourth-order valence-electron chi connectivity index (χ4n) is 3.22. The number of benzene rings is 1. The zero-order valence-electron chi connectivity index (χ0n) is 16.5. The smallest absolute Gasteiger partial charge is 0.239 e. The van der Waals surface area contributed by atoms with Crippen LogP contribution in [-0.4, -0.2) is 34.7 Å². The summed E-state index contributed by atoms with van der Waals surface area (Å²) in [6.07, 6.45) is 0. The monoisotopic (exact) mass is 418 g/mol. The van der Waals surface area contributed by atoms with Crippen LogP contribution in [0.1, 0.15) is 33.4 Å². The van der Waals surface area contributed by atoms with Gasteiger partial charge in [-0.2, -0.15) is 5.10 Å². The van der Waals surface area contributed by atoms with Crippen molar-refractivity contribution in [1.82, 2.24) is 20.0 Å². The zero-order chi connectivity index (χ0) is 19.6. The molecule has 1 heterocycles. The molecule has 0 saturated heterocycles. The van der Waals surface area contributed by atoms with E-state index in [2.05, 4.69) is 26.3 Å². The lowest BCUT2D eigenvalue weighted by molar-refractivity contribution is -0.133. The van der Waals surface area contributed by atoms with Crippen LogP contribution >= 0.6 is 15.9 Å².